The Morgan fingerprint density at radius 3 is 3.05 bits per heavy atom. The third kappa shape index (κ3) is 2.57. The van der Waals surface area contributed by atoms with Crippen LogP contribution in [0.3, 0.4) is 0 Å². The molecule has 1 aliphatic rings. The number of nitrogens with one attached hydrogen (secondary N) is 2. The summed E-state index contributed by atoms with van der Waals surface area (Å²) in [4.78, 5) is 12.1. The molecular weight excluding hydrogens is 278 g/mol. The van der Waals surface area contributed by atoms with Crippen LogP contribution in [0.15, 0.2) is 6.33 Å². The zero-order valence-electron chi connectivity index (χ0n) is 11.0. The second-order valence-corrected chi connectivity index (χ2v) is 5.50. The summed E-state index contributed by atoms with van der Waals surface area (Å²) in [5.74, 6) is 0.860. The first-order valence-corrected chi connectivity index (χ1v) is 7.05. The second-order valence-electron chi connectivity index (χ2n) is 4.73. The van der Waals surface area contributed by atoms with Crippen LogP contribution in [0.4, 0.5) is 10.8 Å². The molecule has 1 amide bonds. The number of carbonyl (C=O) groups is 1. The number of carbonyl (C=O) groups excluding carboxylic acids is 1. The summed E-state index contributed by atoms with van der Waals surface area (Å²) in [5, 5.41) is 14.5. The van der Waals surface area contributed by atoms with Gasteiger partial charge < -0.3 is 20.9 Å². The van der Waals surface area contributed by atoms with E-state index in [9.17, 15) is 4.79 Å². The van der Waals surface area contributed by atoms with Gasteiger partial charge in [0.1, 0.15) is 16.9 Å². The number of rotatable bonds is 5. The third-order valence-electron chi connectivity index (χ3n) is 3.07. The molecule has 2 aromatic rings. The fraction of sp³-hybridized carbons (Fsp3) is 0.455. The minimum Gasteiger partial charge on any atom is -0.382 e. The lowest BCUT2D eigenvalue weighted by Gasteiger charge is -2.07. The van der Waals surface area contributed by atoms with Gasteiger partial charge in [-0.25, -0.2) is 0 Å². The molecule has 0 aromatic carbocycles. The first kappa shape index (κ1) is 12.9. The number of aryl methyl sites for hydroxylation is 1. The molecule has 0 unspecified atom stereocenters. The summed E-state index contributed by atoms with van der Waals surface area (Å²) in [7, 11) is 1.86. The molecule has 0 bridgehead atoms. The Hall–Kier alpha value is -2.16. The fourth-order valence-electron chi connectivity index (χ4n) is 1.75. The first-order chi connectivity index (χ1) is 9.65. The Morgan fingerprint density at radius 1 is 1.60 bits per heavy atom. The summed E-state index contributed by atoms with van der Waals surface area (Å²) >= 11 is 1.18. The van der Waals surface area contributed by atoms with E-state index in [1.165, 1.54) is 11.5 Å². The summed E-state index contributed by atoms with van der Waals surface area (Å²) < 4.78 is 5.85. The van der Waals surface area contributed by atoms with Crippen molar-refractivity contribution in [3.05, 3.63) is 17.7 Å². The molecule has 0 atom stereocenters. The van der Waals surface area contributed by atoms with Gasteiger partial charge in [-0.3, -0.25) is 4.79 Å². The molecule has 0 aliphatic heterocycles. The van der Waals surface area contributed by atoms with E-state index >= 15 is 0 Å². The van der Waals surface area contributed by atoms with E-state index in [2.05, 4.69) is 25.2 Å². The molecule has 9 heteroatoms. The molecule has 1 saturated carbocycles. The van der Waals surface area contributed by atoms with E-state index < -0.39 is 0 Å². The van der Waals surface area contributed by atoms with E-state index in [1.807, 2.05) is 7.05 Å². The number of hydrogen-bond acceptors (Lipinski definition) is 7. The van der Waals surface area contributed by atoms with Crippen molar-refractivity contribution in [2.24, 2.45) is 7.05 Å². The zero-order valence-corrected chi connectivity index (χ0v) is 11.8. The number of nitrogens with two attached hydrogens (primary N) is 1. The highest BCUT2D eigenvalue weighted by Crippen LogP contribution is 2.28. The lowest BCUT2D eigenvalue weighted by molar-refractivity contribution is 0.0953. The number of nitrogens with zero attached hydrogens (tertiary/aromatic N) is 4. The van der Waals surface area contributed by atoms with Crippen LogP contribution in [0.25, 0.3) is 0 Å². The number of anilines is 2. The van der Waals surface area contributed by atoms with Gasteiger partial charge in [0.05, 0.1) is 6.54 Å². The topological polar surface area (TPSA) is 111 Å². The summed E-state index contributed by atoms with van der Waals surface area (Å²) in [6.07, 6.45) is 3.69. The number of amides is 1. The van der Waals surface area contributed by atoms with Crippen molar-refractivity contribution in [2.75, 3.05) is 11.1 Å². The van der Waals surface area contributed by atoms with Crippen LogP contribution in [-0.4, -0.2) is 31.1 Å². The van der Waals surface area contributed by atoms with Crippen molar-refractivity contribution in [2.45, 2.75) is 25.4 Å². The van der Waals surface area contributed by atoms with E-state index in [0.717, 1.165) is 18.7 Å². The standard InChI is InChI=1S/C11H15N7OS/c1-18-5-14-16-7(18)4-13-11-8(9(12)17-20-11)10(19)15-6-2-3-6/h5-6,13H,2-4H2,1H3,(H2,12,17)(H,15,19). The van der Waals surface area contributed by atoms with E-state index in [4.69, 9.17) is 5.73 Å². The van der Waals surface area contributed by atoms with Gasteiger partial charge >= 0.3 is 0 Å². The van der Waals surface area contributed by atoms with Crippen LogP contribution < -0.4 is 16.4 Å². The third-order valence-corrected chi connectivity index (χ3v) is 3.89. The quantitative estimate of drug-likeness (QED) is 0.734. The summed E-state index contributed by atoms with van der Waals surface area (Å²) in [6.45, 7) is 0.460. The Morgan fingerprint density at radius 2 is 2.40 bits per heavy atom. The van der Waals surface area contributed by atoms with Crippen molar-refractivity contribution >= 4 is 28.3 Å². The van der Waals surface area contributed by atoms with Gasteiger partial charge in [-0.2, -0.15) is 4.37 Å². The van der Waals surface area contributed by atoms with Gasteiger partial charge in [0.2, 0.25) is 0 Å². The number of nitrogen functional groups attached to an aromatic ring is 1. The zero-order chi connectivity index (χ0) is 14.1. The van der Waals surface area contributed by atoms with E-state index in [1.54, 1.807) is 10.9 Å². The maximum absolute atomic E-state index is 12.1. The largest absolute Gasteiger partial charge is 0.382 e. The monoisotopic (exact) mass is 293 g/mol. The van der Waals surface area contributed by atoms with Crippen LogP contribution in [0.1, 0.15) is 29.0 Å². The van der Waals surface area contributed by atoms with Gasteiger partial charge in [-0.05, 0) is 24.4 Å². The summed E-state index contributed by atoms with van der Waals surface area (Å²) in [6, 6.07) is 0.286. The van der Waals surface area contributed by atoms with Crippen molar-refractivity contribution in [1.82, 2.24) is 24.5 Å². The van der Waals surface area contributed by atoms with Crippen LogP contribution >= 0.6 is 11.5 Å². The van der Waals surface area contributed by atoms with Crippen molar-refractivity contribution in [3.63, 3.8) is 0 Å². The minimum atomic E-state index is -0.167. The van der Waals surface area contributed by atoms with E-state index in [0.29, 0.717) is 17.1 Å². The molecule has 0 spiro atoms. The molecule has 8 nitrogen and oxygen atoms in total. The summed E-state index contributed by atoms with van der Waals surface area (Å²) in [5.41, 5.74) is 6.20. The minimum absolute atomic E-state index is 0.167. The van der Waals surface area contributed by atoms with Gasteiger partial charge in [0, 0.05) is 13.1 Å². The highest BCUT2D eigenvalue weighted by Gasteiger charge is 2.27. The smallest absolute Gasteiger partial charge is 0.258 e. The van der Waals surface area contributed by atoms with Crippen LogP contribution in [0.5, 0.6) is 0 Å². The Bertz CT molecular complexity index is 631. The SMILES string of the molecule is Cn1cnnc1CNc1snc(N)c1C(=O)NC1CC1. The van der Waals surface area contributed by atoms with Gasteiger partial charge in [-0.15, -0.1) is 10.2 Å². The van der Waals surface area contributed by atoms with Crippen LogP contribution in [0, 0.1) is 0 Å². The maximum atomic E-state index is 12.1. The van der Waals surface area contributed by atoms with Crippen LogP contribution in [0.2, 0.25) is 0 Å². The molecule has 0 saturated heterocycles. The number of aromatic nitrogens is 4. The lowest BCUT2D eigenvalue weighted by atomic mass is 10.3. The fourth-order valence-corrected chi connectivity index (χ4v) is 2.46. The first-order valence-electron chi connectivity index (χ1n) is 6.28. The molecule has 2 aromatic heterocycles. The van der Waals surface area contributed by atoms with Gasteiger partial charge in [-0.1, -0.05) is 0 Å². The highest BCUT2D eigenvalue weighted by molar-refractivity contribution is 7.11. The van der Waals surface area contributed by atoms with Gasteiger partial charge in [0.25, 0.3) is 5.91 Å². The van der Waals surface area contributed by atoms with Gasteiger partial charge in [0.15, 0.2) is 11.6 Å². The molecule has 4 N–H and O–H groups in total. The van der Waals surface area contributed by atoms with Crippen molar-refractivity contribution in [3.8, 4) is 0 Å². The molecular formula is C11H15N7OS. The normalized spacial score (nSPS) is 14.2. The molecule has 1 aliphatic carbocycles. The maximum Gasteiger partial charge on any atom is 0.258 e. The predicted octanol–water partition coefficient (Wildman–Crippen LogP) is 0.358. The molecule has 106 valence electrons. The average molecular weight is 293 g/mol. The molecule has 0 radical (unpaired) electrons. The Balaban J connectivity index is 1.72. The van der Waals surface area contributed by atoms with Crippen molar-refractivity contribution < 1.29 is 4.79 Å². The molecule has 20 heavy (non-hydrogen) atoms. The highest BCUT2D eigenvalue weighted by atomic mass is 32.1. The Labute approximate surface area is 119 Å². The molecule has 1 fully saturated rings. The average Bonchev–Trinajstić information content (AvgIpc) is 3.00. The second kappa shape index (κ2) is 5.08. The molecule has 3 rings (SSSR count). The number of hydrogen-bond donors (Lipinski definition) is 3. The lowest BCUT2D eigenvalue weighted by Crippen LogP contribution is -2.26. The Kier molecular flexibility index (Phi) is 3.26. The molecule has 2 heterocycles. The van der Waals surface area contributed by atoms with Crippen molar-refractivity contribution in [1.29, 1.82) is 0 Å². The predicted molar refractivity (Wildman–Crippen MR) is 75.3 cm³/mol. The van der Waals surface area contributed by atoms with Crippen LogP contribution in [-0.2, 0) is 13.6 Å². The van der Waals surface area contributed by atoms with E-state index in [-0.39, 0.29) is 17.8 Å².